The third-order valence-corrected chi connectivity index (χ3v) is 3.69. The zero-order valence-electron chi connectivity index (χ0n) is 14.0. The number of furan rings is 1. The van der Waals surface area contributed by atoms with Crippen molar-refractivity contribution in [2.45, 2.75) is 13.3 Å². The Labute approximate surface area is 148 Å². The largest absolute Gasteiger partial charge is 0.484 e. The number of rotatable bonds is 5. The predicted octanol–water partition coefficient (Wildman–Crippen LogP) is 2.65. The molecule has 0 aliphatic carbocycles. The van der Waals surface area contributed by atoms with E-state index in [1.165, 1.54) is 30.5 Å². The lowest BCUT2D eigenvalue weighted by Crippen LogP contribution is -2.44. The van der Waals surface area contributed by atoms with Crippen LogP contribution in [0.1, 0.15) is 11.1 Å². The van der Waals surface area contributed by atoms with Crippen molar-refractivity contribution in [3.05, 3.63) is 65.7 Å². The molecule has 3 rings (SSSR count). The van der Waals surface area contributed by atoms with Gasteiger partial charge in [-0.1, -0.05) is 12.1 Å². The minimum absolute atomic E-state index is 0.0646. The van der Waals surface area contributed by atoms with Crippen LogP contribution in [0, 0.1) is 12.7 Å². The summed E-state index contributed by atoms with van der Waals surface area (Å²) in [4.78, 5) is 23.7. The highest BCUT2D eigenvalue weighted by Gasteiger charge is 2.11. The Kier molecular flexibility index (Phi) is 5.17. The maximum absolute atomic E-state index is 12.8. The first-order valence-corrected chi connectivity index (χ1v) is 7.94. The molecule has 2 aromatic carbocycles. The molecule has 26 heavy (non-hydrogen) atoms. The number of amides is 2. The summed E-state index contributed by atoms with van der Waals surface area (Å²) < 4.78 is 23.4. The number of hydrazine groups is 1. The van der Waals surface area contributed by atoms with Crippen LogP contribution in [0.3, 0.4) is 0 Å². The van der Waals surface area contributed by atoms with Gasteiger partial charge in [0.25, 0.3) is 5.91 Å². The number of carbonyl (C=O) groups is 2. The molecule has 7 heteroatoms. The fourth-order valence-electron chi connectivity index (χ4n) is 2.40. The van der Waals surface area contributed by atoms with Gasteiger partial charge in [0, 0.05) is 10.9 Å². The molecule has 0 aliphatic heterocycles. The lowest BCUT2D eigenvalue weighted by molar-refractivity contribution is -0.129. The van der Waals surface area contributed by atoms with Crippen molar-refractivity contribution >= 4 is 22.8 Å². The smallest absolute Gasteiger partial charge is 0.276 e. The van der Waals surface area contributed by atoms with Gasteiger partial charge >= 0.3 is 0 Å². The van der Waals surface area contributed by atoms with Crippen LogP contribution in [0.15, 0.2) is 53.1 Å². The standard InChI is InChI=1S/C19H17FN2O4/c1-12-2-7-16-13(10-26-17(16)8-12)9-18(23)21-22-19(24)11-25-15-5-3-14(20)4-6-15/h2-8,10H,9,11H2,1H3,(H,21,23)(H,22,24). The molecule has 6 nitrogen and oxygen atoms in total. The molecule has 0 atom stereocenters. The molecule has 1 heterocycles. The fraction of sp³-hybridized carbons (Fsp3) is 0.158. The molecule has 0 fully saturated rings. The van der Waals surface area contributed by atoms with Gasteiger partial charge in [-0.05, 0) is 42.8 Å². The van der Waals surface area contributed by atoms with Crippen LogP contribution >= 0.6 is 0 Å². The maximum atomic E-state index is 12.8. The Hall–Kier alpha value is -3.35. The van der Waals surface area contributed by atoms with E-state index in [1.807, 2.05) is 25.1 Å². The molecule has 1 aromatic heterocycles. The molecule has 0 bridgehead atoms. The van der Waals surface area contributed by atoms with E-state index < -0.39 is 11.7 Å². The third kappa shape index (κ3) is 4.38. The minimum atomic E-state index is -0.532. The molecule has 0 radical (unpaired) electrons. The minimum Gasteiger partial charge on any atom is -0.484 e. The van der Waals surface area contributed by atoms with Crippen LogP contribution in [0.2, 0.25) is 0 Å². The van der Waals surface area contributed by atoms with Gasteiger partial charge in [-0.15, -0.1) is 0 Å². The summed E-state index contributed by atoms with van der Waals surface area (Å²) in [5, 5.41) is 0.858. The van der Waals surface area contributed by atoms with Gasteiger partial charge in [-0.3, -0.25) is 20.4 Å². The maximum Gasteiger partial charge on any atom is 0.276 e. The fourth-order valence-corrected chi connectivity index (χ4v) is 2.40. The van der Waals surface area contributed by atoms with E-state index >= 15 is 0 Å². The first-order valence-electron chi connectivity index (χ1n) is 7.94. The van der Waals surface area contributed by atoms with Crippen molar-refractivity contribution in [3.63, 3.8) is 0 Å². The normalized spacial score (nSPS) is 10.5. The molecule has 3 aromatic rings. The van der Waals surface area contributed by atoms with Crippen LogP contribution in [-0.4, -0.2) is 18.4 Å². The first kappa shape index (κ1) is 17.5. The van der Waals surface area contributed by atoms with Crippen LogP contribution in [0.25, 0.3) is 11.0 Å². The molecule has 0 saturated carbocycles. The van der Waals surface area contributed by atoms with Gasteiger partial charge in [0.15, 0.2) is 6.61 Å². The molecular weight excluding hydrogens is 339 g/mol. The number of carbonyl (C=O) groups excluding carboxylic acids is 2. The van der Waals surface area contributed by atoms with Crippen LogP contribution in [0.5, 0.6) is 5.75 Å². The molecule has 0 aliphatic rings. The van der Waals surface area contributed by atoms with Crippen LogP contribution in [0.4, 0.5) is 4.39 Å². The van der Waals surface area contributed by atoms with Crippen molar-refractivity contribution < 1.29 is 23.1 Å². The van der Waals surface area contributed by atoms with Crippen molar-refractivity contribution in [2.75, 3.05) is 6.61 Å². The molecular formula is C19H17FN2O4. The van der Waals surface area contributed by atoms with Gasteiger partial charge in [0.05, 0.1) is 12.7 Å². The summed E-state index contributed by atoms with van der Waals surface area (Å²) in [7, 11) is 0. The summed E-state index contributed by atoms with van der Waals surface area (Å²) in [6.45, 7) is 1.65. The lowest BCUT2D eigenvalue weighted by Gasteiger charge is -2.08. The second-order valence-corrected chi connectivity index (χ2v) is 5.78. The Morgan fingerprint density at radius 1 is 1.08 bits per heavy atom. The molecule has 0 saturated heterocycles. The molecule has 0 spiro atoms. The van der Waals surface area contributed by atoms with Gasteiger partial charge < -0.3 is 9.15 Å². The number of nitrogens with one attached hydrogen (secondary N) is 2. The summed E-state index contributed by atoms with van der Waals surface area (Å²) in [6.07, 6.45) is 1.60. The molecule has 0 unspecified atom stereocenters. The van der Waals surface area contributed by atoms with E-state index in [0.29, 0.717) is 11.3 Å². The Morgan fingerprint density at radius 2 is 1.81 bits per heavy atom. The lowest BCUT2D eigenvalue weighted by atomic mass is 10.1. The number of hydrogen-bond acceptors (Lipinski definition) is 4. The third-order valence-electron chi connectivity index (χ3n) is 3.69. The molecule has 2 N–H and O–H groups in total. The number of aryl methyl sites for hydroxylation is 1. The van der Waals surface area contributed by atoms with E-state index in [2.05, 4.69) is 10.9 Å². The first-order chi connectivity index (χ1) is 12.5. The van der Waals surface area contributed by atoms with Crippen molar-refractivity contribution in [1.29, 1.82) is 0 Å². The van der Waals surface area contributed by atoms with E-state index in [0.717, 1.165) is 16.5 Å². The Morgan fingerprint density at radius 3 is 2.58 bits per heavy atom. The van der Waals surface area contributed by atoms with Gasteiger partial charge in [0.1, 0.15) is 17.1 Å². The van der Waals surface area contributed by atoms with Crippen molar-refractivity contribution in [1.82, 2.24) is 10.9 Å². The van der Waals surface area contributed by atoms with Gasteiger partial charge in [0.2, 0.25) is 5.91 Å². The van der Waals surface area contributed by atoms with Gasteiger partial charge in [-0.2, -0.15) is 0 Å². The zero-order chi connectivity index (χ0) is 18.5. The summed E-state index contributed by atoms with van der Waals surface area (Å²) >= 11 is 0. The Balaban J connectivity index is 1.47. The summed E-state index contributed by atoms with van der Waals surface area (Å²) in [5.41, 5.74) is 7.10. The quantitative estimate of drug-likeness (QED) is 0.689. The summed E-state index contributed by atoms with van der Waals surface area (Å²) in [6, 6.07) is 11.0. The highest BCUT2D eigenvalue weighted by atomic mass is 19.1. The second-order valence-electron chi connectivity index (χ2n) is 5.78. The van der Waals surface area contributed by atoms with Crippen molar-refractivity contribution in [3.8, 4) is 5.75 Å². The van der Waals surface area contributed by atoms with Crippen molar-refractivity contribution in [2.24, 2.45) is 0 Å². The highest BCUT2D eigenvalue weighted by Crippen LogP contribution is 2.22. The number of benzene rings is 2. The molecule has 134 valence electrons. The van der Waals surface area contributed by atoms with E-state index in [9.17, 15) is 14.0 Å². The number of ether oxygens (including phenoxy) is 1. The van der Waals surface area contributed by atoms with Crippen LogP contribution in [-0.2, 0) is 16.0 Å². The predicted molar refractivity (Wildman–Crippen MR) is 92.8 cm³/mol. The SMILES string of the molecule is Cc1ccc2c(CC(=O)NNC(=O)COc3ccc(F)cc3)coc2c1. The average Bonchev–Trinajstić information content (AvgIpc) is 3.01. The van der Waals surface area contributed by atoms with Gasteiger partial charge in [-0.25, -0.2) is 4.39 Å². The Bertz CT molecular complexity index is 934. The highest BCUT2D eigenvalue weighted by molar-refractivity contribution is 5.89. The average molecular weight is 356 g/mol. The second kappa shape index (κ2) is 7.69. The van der Waals surface area contributed by atoms with E-state index in [4.69, 9.17) is 9.15 Å². The number of fused-ring (bicyclic) bond motifs is 1. The summed E-state index contributed by atoms with van der Waals surface area (Å²) in [5.74, 6) is -0.956. The van der Waals surface area contributed by atoms with E-state index in [-0.39, 0.29) is 18.9 Å². The monoisotopic (exact) mass is 356 g/mol. The number of halogens is 1. The topological polar surface area (TPSA) is 80.6 Å². The zero-order valence-corrected chi connectivity index (χ0v) is 14.0. The number of hydrogen-bond donors (Lipinski definition) is 2. The van der Waals surface area contributed by atoms with Crippen LogP contribution < -0.4 is 15.6 Å². The molecule has 2 amide bonds. The van der Waals surface area contributed by atoms with E-state index in [1.54, 1.807) is 0 Å².